The Morgan fingerprint density at radius 2 is 1.23 bits per heavy atom. The molecule has 0 aliphatic rings. The lowest BCUT2D eigenvalue weighted by molar-refractivity contribution is -0.122. The van der Waals surface area contributed by atoms with Gasteiger partial charge in [-0.05, 0) is 49.3 Å². The number of nitrogens with zero attached hydrogens (tertiary/aromatic N) is 1. The van der Waals surface area contributed by atoms with Gasteiger partial charge in [-0.2, -0.15) is 4.99 Å². The topological polar surface area (TPSA) is 240 Å². The number of guanidine groups is 1. The van der Waals surface area contributed by atoms with Gasteiger partial charge < -0.3 is 59.4 Å². The summed E-state index contributed by atoms with van der Waals surface area (Å²) in [6.45, 7) is 16.9. The van der Waals surface area contributed by atoms with Crippen molar-refractivity contribution >= 4 is 27.8 Å². The lowest BCUT2D eigenvalue weighted by Gasteiger charge is -2.09. The van der Waals surface area contributed by atoms with Crippen molar-refractivity contribution in [3.05, 3.63) is 83.8 Å². The fourth-order valence-corrected chi connectivity index (χ4v) is 4.98. The normalized spacial score (nSPS) is 12.8. The van der Waals surface area contributed by atoms with Crippen molar-refractivity contribution in [2.24, 2.45) is 16.5 Å². The third-order valence-electron chi connectivity index (χ3n) is 6.82. The Labute approximate surface area is 352 Å². The van der Waals surface area contributed by atoms with E-state index in [2.05, 4.69) is 35.1 Å². The van der Waals surface area contributed by atoms with Crippen molar-refractivity contribution < 1.29 is 69.4 Å². The smallest absolute Gasteiger partial charge is 0.275 e. The number of carbonyl (C=O) groups excluding carboxylic acids is 2. The molecule has 0 radical (unpaired) electrons. The summed E-state index contributed by atoms with van der Waals surface area (Å²) in [5, 5.41) is 2.74. The van der Waals surface area contributed by atoms with Crippen LogP contribution in [0, 0.1) is 0 Å². The Balaban J connectivity index is 3.99. The van der Waals surface area contributed by atoms with Crippen molar-refractivity contribution in [2.45, 2.75) is 26.7 Å². The predicted molar refractivity (Wildman–Crippen MR) is 222 cm³/mol. The Morgan fingerprint density at radius 3 is 1.72 bits per heavy atom. The molecule has 0 aliphatic carbocycles. The van der Waals surface area contributed by atoms with Gasteiger partial charge in [-0.15, -0.1) is 0 Å². The number of aliphatic imine (C=N–C) groups is 1. The molecule has 6 N–H and O–H groups in total. The molecule has 0 saturated heterocycles. The number of sulfonamides is 1. The third kappa shape index (κ3) is 32.7. The second-order valence-electron chi connectivity index (χ2n) is 11.8. The summed E-state index contributed by atoms with van der Waals surface area (Å²) in [7, 11) is -4.00. The maximum absolute atomic E-state index is 14.5. The van der Waals surface area contributed by atoms with Gasteiger partial charge in [-0.1, -0.05) is 20.1 Å². The van der Waals surface area contributed by atoms with E-state index in [1.54, 1.807) is 0 Å². The molecule has 0 aromatic heterocycles. The predicted octanol–water partition coefficient (Wildman–Crippen LogP) is 2.52. The van der Waals surface area contributed by atoms with Gasteiger partial charge in [0.2, 0.25) is 15.9 Å². The zero-order valence-corrected chi connectivity index (χ0v) is 35.5. The average Bonchev–Trinajstić information content (AvgIpc) is 3.20. The molecule has 0 aromatic carbocycles. The van der Waals surface area contributed by atoms with E-state index >= 15 is 0 Å². The molecule has 0 fully saturated rings. The van der Waals surface area contributed by atoms with Crippen molar-refractivity contribution in [2.75, 3.05) is 119 Å². The highest BCUT2D eigenvalue weighted by Crippen LogP contribution is 2.18. The van der Waals surface area contributed by atoms with Crippen molar-refractivity contribution in [1.29, 1.82) is 0 Å². The highest BCUT2D eigenvalue weighted by Gasteiger charge is 2.13. The van der Waals surface area contributed by atoms with Crippen LogP contribution in [0.15, 0.2) is 88.8 Å². The fourth-order valence-electron chi connectivity index (χ4n) is 3.98. The fraction of sp³-hybridized carbons (Fsp3) is 0.564. The monoisotopic (exact) mass is 879 g/mol. The maximum atomic E-state index is 14.5. The standard InChI is InChI=1S/C39H63F2N5O13S/c1-5-12-51-17-21-55-25-27-58-28-26-56-22-18-52-14-9-37(47)44-10-15-53-19-23-57-24-20-54-16-11-45-60(49,50)34(6-2)8-7-13-59-36(31-40)35(41)30-32(3)29-33(4)38(48)46-39(42)43/h6-8,13,29-31,45H,2-3,5,9-12,14-28H2,1,4H3,(H,44,47)(H4,42,43,46,48)/b13-7+,33-29+,34-8+,35-30+,36-31-. The van der Waals surface area contributed by atoms with Crippen LogP contribution in [-0.2, 0) is 62.2 Å². The largest absolute Gasteiger partial charge is 0.459 e. The maximum Gasteiger partial charge on any atom is 0.275 e. The molecule has 0 rings (SSSR count). The summed E-state index contributed by atoms with van der Waals surface area (Å²) in [6.07, 6.45) is 7.11. The van der Waals surface area contributed by atoms with Crippen LogP contribution < -0.4 is 21.5 Å². The molecule has 0 saturated carbocycles. The number of halogens is 2. The number of hydrogen-bond donors (Lipinski definition) is 4. The zero-order valence-electron chi connectivity index (χ0n) is 34.7. The lowest BCUT2D eigenvalue weighted by Crippen LogP contribution is -2.28. The molecular weight excluding hydrogens is 817 g/mol. The first-order valence-electron chi connectivity index (χ1n) is 19.1. The van der Waals surface area contributed by atoms with Crippen molar-refractivity contribution in [1.82, 2.24) is 10.0 Å². The summed E-state index contributed by atoms with van der Waals surface area (Å²) in [4.78, 5) is 26.8. The first-order valence-corrected chi connectivity index (χ1v) is 20.6. The van der Waals surface area contributed by atoms with E-state index in [9.17, 15) is 26.8 Å². The lowest BCUT2D eigenvalue weighted by atomic mass is 10.1. The molecule has 18 nitrogen and oxygen atoms in total. The first kappa shape index (κ1) is 55.8. The highest BCUT2D eigenvalue weighted by molar-refractivity contribution is 7.93. The van der Waals surface area contributed by atoms with Crippen LogP contribution in [0.4, 0.5) is 8.78 Å². The van der Waals surface area contributed by atoms with E-state index in [1.807, 2.05) is 0 Å². The molecule has 0 unspecified atom stereocenters. The van der Waals surface area contributed by atoms with Gasteiger partial charge >= 0.3 is 0 Å². The summed E-state index contributed by atoms with van der Waals surface area (Å²) in [5.41, 5.74) is 10.3. The molecule has 60 heavy (non-hydrogen) atoms. The second-order valence-corrected chi connectivity index (χ2v) is 13.6. The molecule has 0 aliphatic heterocycles. The van der Waals surface area contributed by atoms with E-state index in [0.29, 0.717) is 79.2 Å². The summed E-state index contributed by atoms with van der Waals surface area (Å²) < 4.78 is 103. The molecule has 0 heterocycles. The molecule has 0 spiro atoms. The number of hydrogen-bond acceptors (Lipinski definition) is 13. The molecule has 0 atom stereocenters. The Bertz CT molecular complexity index is 1530. The van der Waals surface area contributed by atoms with E-state index in [0.717, 1.165) is 43.6 Å². The number of carbonyl (C=O) groups is 2. The Hall–Kier alpha value is -4.16. The minimum absolute atomic E-state index is 0.0299. The van der Waals surface area contributed by atoms with E-state index in [1.165, 1.54) is 13.0 Å². The molecular formula is C39H63F2N5O13S. The quantitative estimate of drug-likeness (QED) is 0.0173. The molecule has 0 bridgehead atoms. The number of rotatable bonds is 39. The summed E-state index contributed by atoms with van der Waals surface area (Å²) in [5.74, 6) is -3.41. The molecule has 0 aromatic rings. The first-order chi connectivity index (χ1) is 28.9. The number of amides is 2. The summed E-state index contributed by atoms with van der Waals surface area (Å²) >= 11 is 0. The van der Waals surface area contributed by atoms with Gasteiger partial charge in [0.05, 0.1) is 110 Å². The molecule has 21 heteroatoms. The van der Waals surface area contributed by atoms with Crippen LogP contribution in [-0.4, -0.2) is 145 Å². The average molecular weight is 880 g/mol. The second kappa shape index (κ2) is 37.8. The zero-order chi connectivity index (χ0) is 44.7. The highest BCUT2D eigenvalue weighted by atomic mass is 32.2. The summed E-state index contributed by atoms with van der Waals surface area (Å²) in [6, 6.07) is 0. The van der Waals surface area contributed by atoms with Crippen LogP contribution in [0.1, 0.15) is 26.7 Å². The number of allylic oxidation sites excluding steroid dienone is 7. The van der Waals surface area contributed by atoms with Gasteiger partial charge in [0, 0.05) is 31.7 Å². The molecule has 2 amide bonds. The van der Waals surface area contributed by atoms with Crippen LogP contribution >= 0.6 is 0 Å². The SMILES string of the molecule is C=C/C(=C\C=C\OC(=C\F)/C(F)=C\C(=C)/C=C(\C)C(=O)N=C(N)N)S(=O)(=O)NCCOCCOCCOCCNC(=O)CCOCCOCCOCCOCCOCCC. The van der Waals surface area contributed by atoms with E-state index in [-0.39, 0.29) is 67.7 Å². The van der Waals surface area contributed by atoms with Gasteiger partial charge in [0.25, 0.3) is 5.91 Å². The Morgan fingerprint density at radius 1 is 0.750 bits per heavy atom. The van der Waals surface area contributed by atoms with Crippen LogP contribution in [0.3, 0.4) is 0 Å². The van der Waals surface area contributed by atoms with Gasteiger partial charge in [-0.3, -0.25) is 9.59 Å². The Kier molecular flexibility index (Phi) is 35.2. The van der Waals surface area contributed by atoms with Gasteiger partial charge in [0.1, 0.15) is 6.33 Å². The van der Waals surface area contributed by atoms with Crippen LogP contribution in [0.25, 0.3) is 0 Å². The minimum Gasteiger partial charge on any atom is -0.459 e. The van der Waals surface area contributed by atoms with Crippen LogP contribution in [0.2, 0.25) is 0 Å². The number of nitrogens with one attached hydrogen (secondary N) is 2. The molecule has 342 valence electrons. The minimum atomic E-state index is -4.00. The van der Waals surface area contributed by atoms with E-state index in [4.69, 9.17) is 54.1 Å². The number of nitrogens with two attached hydrogens (primary N) is 2. The van der Waals surface area contributed by atoms with Gasteiger partial charge in [-0.25, -0.2) is 21.9 Å². The number of ether oxygens (including phenoxy) is 9. The van der Waals surface area contributed by atoms with Gasteiger partial charge in [0.15, 0.2) is 17.5 Å². The van der Waals surface area contributed by atoms with Crippen LogP contribution in [0.5, 0.6) is 0 Å². The van der Waals surface area contributed by atoms with Crippen molar-refractivity contribution in [3.8, 4) is 0 Å². The third-order valence-corrected chi connectivity index (χ3v) is 8.33. The van der Waals surface area contributed by atoms with Crippen molar-refractivity contribution in [3.63, 3.8) is 0 Å². The van der Waals surface area contributed by atoms with E-state index < -0.39 is 33.5 Å².